The molecular formula is C11H21N3S. The van der Waals surface area contributed by atoms with Gasteiger partial charge >= 0.3 is 0 Å². The molecule has 0 radical (unpaired) electrons. The molecule has 0 saturated carbocycles. The summed E-state index contributed by atoms with van der Waals surface area (Å²) < 4.78 is 4.30. The van der Waals surface area contributed by atoms with Crippen LogP contribution in [0.25, 0.3) is 0 Å². The van der Waals surface area contributed by atoms with E-state index in [4.69, 9.17) is 0 Å². The number of nitrogens with one attached hydrogen (secondary N) is 1. The van der Waals surface area contributed by atoms with Crippen molar-refractivity contribution in [2.24, 2.45) is 5.41 Å². The van der Waals surface area contributed by atoms with Crippen molar-refractivity contribution in [1.82, 2.24) is 9.36 Å². The first-order chi connectivity index (χ1) is 7.07. The summed E-state index contributed by atoms with van der Waals surface area (Å²) in [4.78, 5) is 4.43. The molecule has 0 aliphatic rings. The van der Waals surface area contributed by atoms with Crippen LogP contribution in [0, 0.1) is 5.41 Å². The first kappa shape index (κ1) is 12.4. The summed E-state index contributed by atoms with van der Waals surface area (Å²) >= 11 is 1.47. The Morgan fingerprint density at radius 1 is 1.33 bits per heavy atom. The van der Waals surface area contributed by atoms with Crippen LogP contribution < -0.4 is 5.32 Å². The summed E-state index contributed by atoms with van der Waals surface area (Å²) in [5, 5.41) is 4.32. The second kappa shape index (κ2) is 5.45. The van der Waals surface area contributed by atoms with Gasteiger partial charge in [-0.15, -0.1) is 0 Å². The minimum atomic E-state index is 0.330. The smallest absolute Gasteiger partial charge is 0.202 e. The lowest BCUT2D eigenvalue weighted by Crippen LogP contribution is -2.21. The summed E-state index contributed by atoms with van der Waals surface area (Å²) in [6, 6.07) is 0. The Hall–Kier alpha value is -0.640. The van der Waals surface area contributed by atoms with Gasteiger partial charge in [0.1, 0.15) is 5.82 Å². The van der Waals surface area contributed by atoms with Crippen LogP contribution in [0.4, 0.5) is 5.13 Å². The topological polar surface area (TPSA) is 37.8 Å². The van der Waals surface area contributed by atoms with E-state index in [9.17, 15) is 0 Å². The zero-order chi connectivity index (χ0) is 11.3. The van der Waals surface area contributed by atoms with Crippen molar-refractivity contribution in [3.05, 3.63) is 5.82 Å². The van der Waals surface area contributed by atoms with E-state index < -0.39 is 0 Å². The van der Waals surface area contributed by atoms with Crippen LogP contribution in [0.1, 0.15) is 46.4 Å². The summed E-state index contributed by atoms with van der Waals surface area (Å²) in [7, 11) is 0. The average molecular weight is 227 g/mol. The summed E-state index contributed by atoms with van der Waals surface area (Å²) in [5.74, 6) is 0.972. The van der Waals surface area contributed by atoms with Crippen molar-refractivity contribution in [3.8, 4) is 0 Å². The fourth-order valence-corrected chi connectivity index (χ4v) is 1.70. The van der Waals surface area contributed by atoms with Gasteiger partial charge < -0.3 is 5.32 Å². The molecule has 0 bridgehead atoms. The van der Waals surface area contributed by atoms with Crippen molar-refractivity contribution >= 4 is 16.7 Å². The van der Waals surface area contributed by atoms with Gasteiger partial charge in [0.05, 0.1) is 0 Å². The monoisotopic (exact) mass is 227 g/mol. The number of aryl methyl sites for hydroxylation is 1. The first-order valence-corrected chi connectivity index (χ1v) is 6.41. The quantitative estimate of drug-likeness (QED) is 0.810. The number of aromatic nitrogens is 2. The predicted molar refractivity (Wildman–Crippen MR) is 66.5 cm³/mol. The molecule has 0 saturated heterocycles. The van der Waals surface area contributed by atoms with Crippen LogP contribution in [0.2, 0.25) is 0 Å². The molecule has 15 heavy (non-hydrogen) atoms. The van der Waals surface area contributed by atoms with Crippen LogP contribution in [0.5, 0.6) is 0 Å². The van der Waals surface area contributed by atoms with Crippen LogP contribution in [0.3, 0.4) is 0 Å². The molecule has 1 N–H and O–H groups in total. The van der Waals surface area contributed by atoms with Crippen molar-refractivity contribution in [3.63, 3.8) is 0 Å². The van der Waals surface area contributed by atoms with Crippen molar-refractivity contribution in [1.29, 1.82) is 0 Å². The Morgan fingerprint density at radius 3 is 2.67 bits per heavy atom. The molecule has 0 spiro atoms. The Kier molecular flexibility index (Phi) is 4.51. The van der Waals surface area contributed by atoms with Gasteiger partial charge in [-0.2, -0.15) is 4.37 Å². The van der Waals surface area contributed by atoms with Gasteiger partial charge in [-0.25, -0.2) is 4.98 Å². The number of nitrogens with zero attached hydrogens (tertiary/aromatic N) is 2. The largest absolute Gasteiger partial charge is 0.360 e. The van der Waals surface area contributed by atoms with Crippen molar-refractivity contribution in [2.75, 3.05) is 11.9 Å². The molecular weight excluding hydrogens is 206 g/mol. The van der Waals surface area contributed by atoms with Gasteiger partial charge in [-0.1, -0.05) is 27.7 Å². The molecule has 0 aliphatic heterocycles. The second-order valence-electron chi connectivity index (χ2n) is 4.64. The Balaban J connectivity index is 2.44. The average Bonchev–Trinajstić information content (AvgIpc) is 2.64. The molecule has 0 amide bonds. The minimum Gasteiger partial charge on any atom is -0.360 e. The SMILES string of the molecule is CCCc1nsc(NCC(C)(C)CC)n1. The van der Waals surface area contributed by atoms with Crippen LogP contribution in [-0.2, 0) is 6.42 Å². The third-order valence-corrected chi connectivity index (χ3v) is 3.33. The van der Waals surface area contributed by atoms with Crippen LogP contribution in [0.15, 0.2) is 0 Å². The highest BCUT2D eigenvalue weighted by Crippen LogP contribution is 2.21. The molecule has 86 valence electrons. The van der Waals surface area contributed by atoms with Gasteiger partial charge in [0.25, 0.3) is 0 Å². The van der Waals surface area contributed by atoms with Crippen LogP contribution >= 0.6 is 11.5 Å². The van der Waals surface area contributed by atoms with Crippen molar-refractivity contribution in [2.45, 2.75) is 47.0 Å². The van der Waals surface area contributed by atoms with E-state index in [2.05, 4.69) is 42.4 Å². The maximum absolute atomic E-state index is 4.43. The number of rotatable bonds is 6. The molecule has 0 unspecified atom stereocenters. The van der Waals surface area contributed by atoms with Gasteiger partial charge in [-0.3, -0.25) is 0 Å². The number of hydrogen-bond donors (Lipinski definition) is 1. The molecule has 1 aromatic heterocycles. The van der Waals surface area contributed by atoms with E-state index in [1.807, 2.05) is 0 Å². The summed E-state index contributed by atoms with van der Waals surface area (Å²) in [5.41, 5.74) is 0.330. The fourth-order valence-electron chi connectivity index (χ4n) is 1.09. The molecule has 0 atom stereocenters. The molecule has 0 aliphatic carbocycles. The molecule has 1 aromatic rings. The summed E-state index contributed by atoms with van der Waals surface area (Å²) in [6.07, 6.45) is 3.26. The highest BCUT2D eigenvalue weighted by molar-refractivity contribution is 7.09. The lowest BCUT2D eigenvalue weighted by molar-refractivity contribution is 0.377. The van der Waals surface area contributed by atoms with E-state index in [1.54, 1.807) is 0 Å². The molecule has 1 heterocycles. The van der Waals surface area contributed by atoms with Gasteiger partial charge in [0, 0.05) is 24.5 Å². The summed E-state index contributed by atoms with van der Waals surface area (Å²) in [6.45, 7) is 9.84. The van der Waals surface area contributed by atoms with E-state index in [-0.39, 0.29) is 0 Å². The molecule has 4 heteroatoms. The zero-order valence-electron chi connectivity index (χ0n) is 10.1. The van der Waals surface area contributed by atoms with Gasteiger partial charge in [0.15, 0.2) is 0 Å². The van der Waals surface area contributed by atoms with Gasteiger partial charge in [0.2, 0.25) is 5.13 Å². The number of hydrogen-bond acceptors (Lipinski definition) is 4. The molecule has 3 nitrogen and oxygen atoms in total. The lowest BCUT2D eigenvalue weighted by atomic mass is 9.90. The Morgan fingerprint density at radius 2 is 2.07 bits per heavy atom. The van der Waals surface area contributed by atoms with E-state index in [0.717, 1.165) is 30.3 Å². The van der Waals surface area contributed by atoms with Crippen molar-refractivity contribution < 1.29 is 0 Å². The number of anilines is 1. The normalized spacial score (nSPS) is 11.7. The fraction of sp³-hybridized carbons (Fsp3) is 0.818. The molecule has 1 rings (SSSR count). The second-order valence-corrected chi connectivity index (χ2v) is 5.39. The third-order valence-electron chi connectivity index (χ3n) is 2.62. The standard InChI is InChI=1S/C11H21N3S/c1-5-7-9-13-10(15-14-9)12-8-11(3,4)6-2/h5-8H2,1-4H3,(H,12,13,14). The highest BCUT2D eigenvalue weighted by atomic mass is 32.1. The minimum absolute atomic E-state index is 0.330. The van der Waals surface area contributed by atoms with E-state index >= 15 is 0 Å². The molecule has 0 fully saturated rings. The maximum atomic E-state index is 4.43. The Labute approximate surface area is 96.5 Å². The van der Waals surface area contributed by atoms with E-state index in [0.29, 0.717) is 5.41 Å². The van der Waals surface area contributed by atoms with Crippen LogP contribution in [-0.4, -0.2) is 15.9 Å². The molecule has 0 aromatic carbocycles. The van der Waals surface area contributed by atoms with E-state index in [1.165, 1.54) is 18.0 Å². The maximum Gasteiger partial charge on any atom is 0.202 e. The Bertz CT molecular complexity index is 294. The highest BCUT2D eigenvalue weighted by Gasteiger charge is 2.15. The predicted octanol–water partition coefficient (Wildman–Crippen LogP) is 3.34. The third kappa shape index (κ3) is 4.16. The van der Waals surface area contributed by atoms with Gasteiger partial charge in [-0.05, 0) is 18.3 Å². The zero-order valence-corrected chi connectivity index (χ0v) is 10.9. The first-order valence-electron chi connectivity index (χ1n) is 5.64. The lowest BCUT2D eigenvalue weighted by Gasteiger charge is -2.22.